The van der Waals surface area contributed by atoms with Gasteiger partial charge in [0, 0.05) is 26.8 Å². The molecule has 0 unspecified atom stereocenters. The van der Waals surface area contributed by atoms with Crippen LogP contribution in [0.3, 0.4) is 0 Å². The zero-order chi connectivity index (χ0) is 22.4. The quantitative estimate of drug-likeness (QED) is 0.369. The monoisotopic (exact) mass is 446 g/mol. The average Bonchev–Trinajstić information content (AvgIpc) is 3.31. The molecule has 0 bridgehead atoms. The van der Waals surface area contributed by atoms with E-state index in [0.717, 1.165) is 44.9 Å². The van der Waals surface area contributed by atoms with Gasteiger partial charge in [-0.05, 0) is 31.4 Å². The van der Waals surface area contributed by atoms with E-state index in [4.69, 9.17) is 0 Å². The lowest BCUT2D eigenvalue weighted by Gasteiger charge is -2.14. The van der Waals surface area contributed by atoms with Gasteiger partial charge < -0.3 is 0 Å². The van der Waals surface area contributed by atoms with Crippen molar-refractivity contribution >= 4 is 22.0 Å². The summed E-state index contributed by atoms with van der Waals surface area (Å²) < 4.78 is 26.9. The molecule has 8 nitrogen and oxygen atoms in total. The molecule has 1 aromatic carbocycles. The van der Waals surface area contributed by atoms with Crippen molar-refractivity contribution in [2.24, 2.45) is 0 Å². The van der Waals surface area contributed by atoms with Gasteiger partial charge in [-0.1, -0.05) is 44.2 Å². The van der Waals surface area contributed by atoms with Crippen LogP contribution in [0.25, 0.3) is 0 Å². The van der Waals surface area contributed by atoms with Crippen LogP contribution in [0.2, 0.25) is 0 Å². The summed E-state index contributed by atoms with van der Waals surface area (Å²) in [6.07, 6.45) is 10.5. The molecule has 2 aromatic rings. The molecule has 1 aliphatic rings. The number of unbranched alkanes of at least 4 members (excludes halogenated alkanes) is 6. The van der Waals surface area contributed by atoms with Gasteiger partial charge in [0.25, 0.3) is 11.8 Å². The van der Waals surface area contributed by atoms with Gasteiger partial charge >= 0.3 is 10.2 Å². The molecular formula is C22H30N4O4S. The lowest BCUT2D eigenvalue weighted by Crippen LogP contribution is -2.30. The first kappa shape index (κ1) is 23.1. The van der Waals surface area contributed by atoms with Crippen LogP contribution in [0.5, 0.6) is 0 Å². The summed E-state index contributed by atoms with van der Waals surface area (Å²) in [6, 6.07) is 6.97. The van der Waals surface area contributed by atoms with E-state index in [9.17, 15) is 18.0 Å². The summed E-state index contributed by atoms with van der Waals surface area (Å²) in [5.74, 6) is -0.368. The van der Waals surface area contributed by atoms with Gasteiger partial charge in [-0.25, -0.2) is 8.96 Å². The third kappa shape index (κ3) is 5.22. The third-order valence-electron chi connectivity index (χ3n) is 5.58. The fourth-order valence-corrected chi connectivity index (χ4v) is 4.73. The number of nitrogens with zero attached hydrogens (tertiary/aromatic N) is 4. The number of benzene rings is 1. The second-order valence-corrected chi connectivity index (χ2v) is 10.0. The number of amides is 2. The standard InChI is InChI=1S/C22H30N4O4S/c1-24(2)31(29,30)26-17-23-16-18(26)12-8-6-4-3-5-7-11-15-25-21(27)19-13-9-10-14-20(19)22(25)28/h9-10,13-14,16-17H,3-8,11-12,15H2,1-2H3. The molecule has 0 saturated carbocycles. The van der Waals surface area contributed by atoms with E-state index in [-0.39, 0.29) is 11.8 Å². The minimum absolute atomic E-state index is 0.184. The largest absolute Gasteiger partial charge is 0.308 e. The molecular weight excluding hydrogens is 416 g/mol. The Balaban J connectivity index is 1.29. The van der Waals surface area contributed by atoms with Crippen LogP contribution in [0.1, 0.15) is 71.4 Å². The van der Waals surface area contributed by atoms with Crippen molar-refractivity contribution in [1.82, 2.24) is 18.2 Å². The Morgan fingerprint density at radius 1 is 0.871 bits per heavy atom. The number of imidazole rings is 1. The summed E-state index contributed by atoms with van der Waals surface area (Å²) in [7, 11) is -0.504. The second kappa shape index (κ2) is 10.2. The molecule has 0 fully saturated rings. The number of hydrogen-bond acceptors (Lipinski definition) is 5. The fraction of sp³-hybridized carbons (Fsp3) is 0.500. The summed E-state index contributed by atoms with van der Waals surface area (Å²) in [4.78, 5) is 30.0. The van der Waals surface area contributed by atoms with Crippen LogP contribution in [-0.4, -0.2) is 59.0 Å². The zero-order valence-corrected chi connectivity index (χ0v) is 19.0. The van der Waals surface area contributed by atoms with Crippen molar-refractivity contribution in [1.29, 1.82) is 0 Å². The van der Waals surface area contributed by atoms with Crippen molar-refractivity contribution in [2.45, 2.75) is 51.4 Å². The van der Waals surface area contributed by atoms with Crippen LogP contribution in [0, 0.1) is 0 Å². The topological polar surface area (TPSA) is 92.6 Å². The van der Waals surface area contributed by atoms with Crippen LogP contribution < -0.4 is 0 Å². The summed E-state index contributed by atoms with van der Waals surface area (Å²) in [5, 5.41) is 0. The molecule has 0 radical (unpaired) electrons. The van der Waals surface area contributed by atoms with Crippen LogP contribution in [0.4, 0.5) is 0 Å². The molecule has 9 heteroatoms. The fourth-order valence-electron chi connectivity index (χ4n) is 3.77. The first-order valence-electron chi connectivity index (χ1n) is 10.7. The molecule has 0 saturated heterocycles. The lowest BCUT2D eigenvalue weighted by atomic mass is 10.1. The lowest BCUT2D eigenvalue weighted by molar-refractivity contribution is 0.0651. The zero-order valence-electron chi connectivity index (χ0n) is 18.2. The SMILES string of the molecule is CN(C)S(=O)(=O)n1cncc1CCCCCCCCCN1C(=O)c2ccccc2C1=O. The predicted molar refractivity (Wildman–Crippen MR) is 118 cm³/mol. The van der Waals surface area contributed by atoms with Gasteiger partial charge in [0.1, 0.15) is 6.33 Å². The molecule has 0 spiro atoms. The van der Waals surface area contributed by atoms with Crippen molar-refractivity contribution in [2.75, 3.05) is 20.6 Å². The Morgan fingerprint density at radius 3 is 2.00 bits per heavy atom. The Labute approximate surface area is 184 Å². The normalized spacial score (nSPS) is 14.0. The van der Waals surface area contributed by atoms with Crippen molar-refractivity contribution in [3.63, 3.8) is 0 Å². The van der Waals surface area contributed by atoms with Crippen LogP contribution in [-0.2, 0) is 16.6 Å². The highest BCUT2D eigenvalue weighted by atomic mass is 32.2. The average molecular weight is 447 g/mol. The molecule has 31 heavy (non-hydrogen) atoms. The molecule has 0 atom stereocenters. The van der Waals surface area contributed by atoms with Gasteiger partial charge in [-0.15, -0.1) is 0 Å². The minimum Gasteiger partial charge on any atom is -0.274 e. The maximum absolute atomic E-state index is 12.3. The molecule has 2 heterocycles. The molecule has 2 amide bonds. The van der Waals surface area contributed by atoms with Gasteiger partial charge in [-0.3, -0.25) is 14.5 Å². The van der Waals surface area contributed by atoms with Crippen molar-refractivity contribution in [3.05, 3.63) is 53.6 Å². The van der Waals surface area contributed by atoms with Crippen LogP contribution >= 0.6 is 0 Å². The molecule has 0 N–H and O–H groups in total. The highest BCUT2D eigenvalue weighted by molar-refractivity contribution is 7.87. The number of aryl methyl sites for hydroxylation is 1. The highest BCUT2D eigenvalue weighted by Gasteiger charge is 2.34. The van der Waals surface area contributed by atoms with Gasteiger partial charge in [0.05, 0.1) is 16.8 Å². The first-order chi connectivity index (χ1) is 14.8. The smallest absolute Gasteiger partial charge is 0.274 e. The Morgan fingerprint density at radius 2 is 1.42 bits per heavy atom. The van der Waals surface area contributed by atoms with E-state index in [2.05, 4.69) is 4.98 Å². The highest BCUT2D eigenvalue weighted by Crippen LogP contribution is 2.23. The maximum atomic E-state index is 12.3. The summed E-state index contributed by atoms with van der Waals surface area (Å²) >= 11 is 0. The number of fused-ring (bicyclic) bond motifs is 1. The number of carbonyl (C=O) groups excluding carboxylic acids is 2. The molecule has 0 aliphatic carbocycles. The number of carbonyl (C=O) groups is 2. The number of hydrogen-bond donors (Lipinski definition) is 0. The van der Waals surface area contributed by atoms with Gasteiger partial charge in [0.15, 0.2) is 0 Å². The number of aromatic nitrogens is 2. The van der Waals surface area contributed by atoms with E-state index in [1.807, 2.05) is 0 Å². The predicted octanol–water partition coefficient (Wildman–Crippen LogP) is 3.11. The molecule has 1 aliphatic heterocycles. The van der Waals surface area contributed by atoms with Crippen molar-refractivity contribution in [3.8, 4) is 0 Å². The number of rotatable bonds is 12. The summed E-state index contributed by atoms with van der Waals surface area (Å²) in [6.45, 7) is 0.469. The van der Waals surface area contributed by atoms with E-state index in [0.29, 0.717) is 29.8 Å². The van der Waals surface area contributed by atoms with Crippen molar-refractivity contribution < 1.29 is 18.0 Å². The van der Waals surface area contributed by atoms with Gasteiger partial charge in [-0.2, -0.15) is 12.7 Å². The van der Waals surface area contributed by atoms with E-state index >= 15 is 0 Å². The minimum atomic E-state index is -3.52. The Hall–Kier alpha value is -2.52. The molecule has 1 aromatic heterocycles. The summed E-state index contributed by atoms with van der Waals surface area (Å²) in [5.41, 5.74) is 1.72. The Kier molecular flexibility index (Phi) is 7.61. The third-order valence-corrected chi connectivity index (χ3v) is 7.33. The van der Waals surface area contributed by atoms with Gasteiger partial charge in [0.2, 0.25) is 0 Å². The Bertz CT molecular complexity index is 995. The van der Waals surface area contributed by atoms with Crippen LogP contribution in [0.15, 0.2) is 36.8 Å². The maximum Gasteiger partial charge on any atom is 0.308 e. The molecule has 3 rings (SSSR count). The van der Waals surface area contributed by atoms with E-state index in [1.165, 1.54) is 33.6 Å². The molecule has 168 valence electrons. The van der Waals surface area contributed by atoms with E-state index < -0.39 is 10.2 Å². The van der Waals surface area contributed by atoms with E-state index in [1.54, 1.807) is 30.5 Å². The second-order valence-electron chi connectivity index (χ2n) is 8.00. The number of imide groups is 1. The first-order valence-corrected chi connectivity index (χ1v) is 12.1.